The van der Waals surface area contributed by atoms with Crippen molar-refractivity contribution in [2.45, 2.75) is 45.6 Å². The molecule has 0 aromatic carbocycles. The first-order valence-corrected chi connectivity index (χ1v) is 6.23. The Balaban J connectivity index is 2.03. The third-order valence-corrected chi connectivity index (χ3v) is 3.70. The summed E-state index contributed by atoms with van der Waals surface area (Å²) in [7, 11) is 0. The Morgan fingerprint density at radius 2 is 2.07 bits per heavy atom. The molecule has 0 spiro atoms. The fraction of sp³-hybridized carbons (Fsp3) is 0.636. The van der Waals surface area contributed by atoms with Crippen molar-refractivity contribution in [1.82, 2.24) is 10.3 Å². The van der Waals surface area contributed by atoms with Crippen molar-refractivity contribution in [1.29, 1.82) is 0 Å². The van der Waals surface area contributed by atoms with E-state index in [0.29, 0.717) is 11.7 Å². The first-order chi connectivity index (χ1) is 7.16. The van der Waals surface area contributed by atoms with Crippen LogP contribution in [0.25, 0.3) is 0 Å². The van der Waals surface area contributed by atoms with Crippen molar-refractivity contribution < 1.29 is 4.79 Å². The van der Waals surface area contributed by atoms with Gasteiger partial charge in [-0.3, -0.25) is 4.79 Å². The van der Waals surface area contributed by atoms with Crippen LogP contribution in [0.2, 0.25) is 0 Å². The Bertz CT molecular complexity index is 367. The van der Waals surface area contributed by atoms with Crippen LogP contribution in [0.3, 0.4) is 0 Å². The molecule has 1 N–H and O–H groups in total. The molecule has 0 radical (unpaired) electrons. The molecule has 4 heteroatoms. The summed E-state index contributed by atoms with van der Waals surface area (Å²) in [6.45, 7) is 3.89. The molecule has 15 heavy (non-hydrogen) atoms. The van der Waals surface area contributed by atoms with Crippen LogP contribution in [-0.4, -0.2) is 16.9 Å². The van der Waals surface area contributed by atoms with Crippen LogP contribution in [0.5, 0.6) is 0 Å². The van der Waals surface area contributed by atoms with Crippen molar-refractivity contribution in [2.24, 2.45) is 0 Å². The minimum Gasteiger partial charge on any atom is -0.348 e. The zero-order valence-electron chi connectivity index (χ0n) is 9.17. The van der Waals surface area contributed by atoms with Gasteiger partial charge in [-0.25, -0.2) is 4.98 Å². The molecule has 82 valence electrons. The van der Waals surface area contributed by atoms with Gasteiger partial charge in [-0.05, 0) is 26.7 Å². The highest BCUT2D eigenvalue weighted by atomic mass is 32.1. The van der Waals surface area contributed by atoms with Gasteiger partial charge in [-0.15, -0.1) is 11.3 Å². The molecule has 0 bridgehead atoms. The van der Waals surface area contributed by atoms with Crippen molar-refractivity contribution >= 4 is 17.2 Å². The molecule has 2 rings (SSSR count). The predicted molar refractivity (Wildman–Crippen MR) is 61.3 cm³/mol. The first kappa shape index (κ1) is 10.6. The molecule has 1 saturated carbocycles. The molecule has 1 heterocycles. The summed E-state index contributed by atoms with van der Waals surface area (Å²) in [5, 5.41) is 4.02. The van der Waals surface area contributed by atoms with Gasteiger partial charge in [0.15, 0.2) is 0 Å². The Labute approximate surface area is 93.9 Å². The van der Waals surface area contributed by atoms with Gasteiger partial charge in [0, 0.05) is 10.9 Å². The summed E-state index contributed by atoms with van der Waals surface area (Å²) in [6, 6.07) is 0.374. The second kappa shape index (κ2) is 4.31. The van der Waals surface area contributed by atoms with Crippen molar-refractivity contribution in [3.63, 3.8) is 0 Å². The van der Waals surface area contributed by atoms with E-state index in [1.165, 1.54) is 12.8 Å². The van der Waals surface area contributed by atoms with Crippen LogP contribution >= 0.6 is 11.3 Å². The van der Waals surface area contributed by atoms with E-state index < -0.39 is 0 Å². The molecule has 0 saturated heterocycles. The van der Waals surface area contributed by atoms with E-state index in [2.05, 4.69) is 10.3 Å². The molecule has 1 aliphatic rings. The number of hydrogen-bond acceptors (Lipinski definition) is 3. The quantitative estimate of drug-likeness (QED) is 0.838. The first-order valence-electron chi connectivity index (χ1n) is 5.41. The molecule has 0 unspecified atom stereocenters. The Morgan fingerprint density at radius 1 is 1.40 bits per heavy atom. The number of hydrogen-bond donors (Lipinski definition) is 1. The standard InChI is InChI=1S/C11H16N2OS/c1-7-10(12-8(2)15-7)11(14)13-9-5-3-4-6-9/h9H,3-6H2,1-2H3,(H,13,14). The molecule has 3 nitrogen and oxygen atoms in total. The lowest BCUT2D eigenvalue weighted by atomic mass is 10.2. The number of rotatable bonds is 2. The van der Waals surface area contributed by atoms with Gasteiger partial charge < -0.3 is 5.32 Å². The number of thiazole rings is 1. The maximum Gasteiger partial charge on any atom is 0.271 e. The van der Waals surface area contributed by atoms with Crippen LogP contribution in [0, 0.1) is 13.8 Å². The molecule has 1 aromatic rings. The number of nitrogens with one attached hydrogen (secondary N) is 1. The summed E-state index contributed by atoms with van der Waals surface area (Å²) in [4.78, 5) is 17.1. The average Bonchev–Trinajstić information content (AvgIpc) is 2.75. The Morgan fingerprint density at radius 3 is 2.60 bits per heavy atom. The number of aromatic nitrogens is 1. The van der Waals surface area contributed by atoms with Crippen LogP contribution < -0.4 is 5.32 Å². The molecular weight excluding hydrogens is 208 g/mol. The Hall–Kier alpha value is -0.900. The molecule has 1 aliphatic carbocycles. The number of carbonyl (C=O) groups excluding carboxylic acids is 1. The van der Waals surface area contributed by atoms with Gasteiger partial charge in [-0.2, -0.15) is 0 Å². The third-order valence-electron chi connectivity index (χ3n) is 2.81. The second-order valence-electron chi connectivity index (χ2n) is 4.09. The molecule has 0 atom stereocenters. The van der Waals surface area contributed by atoms with Gasteiger partial charge in [0.05, 0.1) is 5.01 Å². The maximum atomic E-state index is 11.9. The molecule has 1 aromatic heterocycles. The van der Waals surface area contributed by atoms with Gasteiger partial charge in [0.25, 0.3) is 5.91 Å². The van der Waals surface area contributed by atoms with Crippen LogP contribution in [-0.2, 0) is 0 Å². The lowest BCUT2D eigenvalue weighted by Gasteiger charge is -2.10. The van der Waals surface area contributed by atoms with Gasteiger partial charge >= 0.3 is 0 Å². The van der Waals surface area contributed by atoms with E-state index in [-0.39, 0.29) is 5.91 Å². The summed E-state index contributed by atoms with van der Waals surface area (Å²) < 4.78 is 0. The average molecular weight is 224 g/mol. The molecule has 0 aliphatic heterocycles. The van der Waals surface area contributed by atoms with Crippen LogP contribution in [0.15, 0.2) is 0 Å². The number of aryl methyl sites for hydroxylation is 2. The van der Waals surface area contributed by atoms with Crippen LogP contribution in [0.1, 0.15) is 46.1 Å². The summed E-state index contributed by atoms with van der Waals surface area (Å²) in [5.41, 5.74) is 0.615. The third kappa shape index (κ3) is 2.37. The summed E-state index contributed by atoms with van der Waals surface area (Å²) >= 11 is 1.58. The monoisotopic (exact) mass is 224 g/mol. The van der Waals surface area contributed by atoms with Crippen molar-refractivity contribution in [2.75, 3.05) is 0 Å². The summed E-state index contributed by atoms with van der Waals surface area (Å²) in [6.07, 6.45) is 4.71. The number of amides is 1. The maximum absolute atomic E-state index is 11.9. The fourth-order valence-corrected chi connectivity index (χ4v) is 2.88. The number of carbonyl (C=O) groups is 1. The molecular formula is C11H16N2OS. The minimum atomic E-state index is 0.00347. The van der Waals surface area contributed by atoms with E-state index in [4.69, 9.17) is 0 Å². The highest BCUT2D eigenvalue weighted by molar-refractivity contribution is 7.11. The largest absolute Gasteiger partial charge is 0.348 e. The zero-order valence-corrected chi connectivity index (χ0v) is 9.99. The normalized spacial score (nSPS) is 16.9. The van der Waals surface area contributed by atoms with Crippen molar-refractivity contribution in [3.8, 4) is 0 Å². The topological polar surface area (TPSA) is 42.0 Å². The van der Waals surface area contributed by atoms with E-state index in [9.17, 15) is 4.79 Å². The lowest BCUT2D eigenvalue weighted by molar-refractivity contribution is 0.0933. The van der Waals surface area contributed by atoms with Gasteiger partial charge in [0.2, 0.25) is 0 Å². The fourth-order valence-electron chi connectivity index (χ4n) is 2.06. The zero-order chi connectivity index (χ0) is 10.8. The minimum absolute atomic E-state index is 0.00347. The van der Waals surface area contributed by atoms with E-state index >= 15 is 0 Å². The van der Waals surface area contributed by atoms with Crippen LogP contribution in [0.4, 0.5) is 0 Å². The SMILES string of the molecule is Cc1nc(C(=O)NC2CCCC2)c(C)s1. The van der Waals surface area contributed by atoms with E-state index in [1.807, 2.05) is 13.8 Å². The highest BCUT2D eigenvalue weighted by Gasteiger charge is 2.20. The predicted octanol–water partition coefficient (Wildman–Crippen LogP) is 2.43. The summed E-state index contributed by atoms with van der Waals surface area (Å²) in [5.74, 6) is 0.00347. The highest BCUT2D eigenvalue weighted by Crippen LogP contribution is 2.20. The molecule has 1 amide bonds. The van der Waals surface area contributed by atoms with E-state index in [1.54, 1.807) is 11.3 Å². The Kier molecular flexibility index (Phi) is 3.05. The van der Waals surface area contributed by atoms with Gasteiger partial charge in [0.1, 0.15) is 5.69 Å². The molecule has 1 fully saturated rings. The van der Waals surface area contributed by atoms with Gasteiger partial charge in [-0.1, -0.05) is 12.8 Å². The smallest absolute Gasteiger partial charge is 0.271 e. The van der Waals surface area contributed by atoms with Crippen molar-refractivity contribution in [3.05, 3.63) is 15.6 Å². The number of nitrogens with zero attached hydrogens (tertiary/aromatic N) is 1. The lowest BCUT2D eigenvalue weighted by Crippen LogP contribution is -2.33. The second-order valence-corrected chi connectivity index (χ2v) is 5.50. The van der Waals surface area contributed by atoms with E-state index in [0.717, 1.165) is 22.7 Å².